The van der Waals surface area contributed by atoms with Gasteiger partial charge in [-0.05, 0) is 12.8 Å². The summed E-state index contributed by atoms with van der Waals surface area (Å²) in [5.74, 6) is 0. The van der Waals surface area contributed by atoms with Crippen molar-refractivity contribution in [3.8, 4) is 0 Å². The standard InChI is InChI=1S/C11H16N4O/c1-3-8(5-16)15-7-14-10-9(4-2)12-6-13-11(10)15/h6-8,16H,3-5H2,1-2H3. The van der Waals surface area contributed by atoms with Crippen LogP contribution in [0.25, 0.3) is 11.2 Å². The lowest BCUT2D eigenvalue weighted by atomic mass is 10.2. The number of hydrogen-bond acceptors (Lipinski definition) is 4. The Hall–Kier alpha value is -1.49. The molecule has 0 bridgehead atoms. The highest BCUT2D eigenvalue weighted by Gasteiger charge is 2.14. The molecule has 2 heterocycles. The van der Waals surface area contributed by atoms with E-state index in [1.54, 1.807) is 12.7 Å². The molecule has 2 aromatic heterocycles. The Kier molecular flexibility index (Phi) is 3.14. The average Bonchev–Trinajstić information content (AvgIpc) is 2.75. The summed E-state index contributed by atoms with van der Waals surface area (Å²) in [6.45, 7) is 4.19. The van der Waals surface area contributed by atoms with Gasteiger partial charge in [-0.15, -0.1) is 0 Å². The molecule has 1 unspecified atom stereocenters. The molecule has 2 rings (SSSR count). The molecule has 0 aliphatic rings. The predicted octanol–water partition coefficient (Wildman–Crippen LogP) is 1.33. The second kappa shape index (κ2) is 4.57. The van der Waals surface area contributed by atoms with Crippen molar-refractivity contribution in [1.29, 1.82) is 0 Å². The van der Waals surface area contributed by atoms with Gasteiger partial charge in [-0.3, -0.25) is 0 Å². The smallest absolute Gasteiger partial charge is 0.163 e. The van der Waals surface area contributed by atoms with Gasteiger partial charge in [0, 0.05) is 0 Å². The maximum atomic E-state index is 9.29. The van der Waals surface area contributed by atoms with Crippen molar-refractivity contribution in [3.63, 3.8) is 0 Å². The zero-order chi connectivity index (χ0) is 11.5. The third kappa shape index (κ3) is 1.67. The predicted molar refractivity (Wildman–Crippen MR) is 61.1 cm³/mol. The Morgan fingerprint density at radius 1 is 1.31 bits per heavy atom. The van der Waals surface area contributed by atoms with Gasteiger partial charge in [0.1, 0.15) is 11.8 Å². The normalized spacial score (nSPS) is 13.2. The molecule has 0 amide bonds. The van der Waals surface area contributed by atoms with Crippen LogP contribution in [0.3, 0.4) is 0 Å². The highest BCUT2D eigenvalue weighted by molar-refractivity contribution is 5.73. The van der Waals surface area contributed by atoms with Crippen LogP contribution >= 0.6 is 0 Å². The number of nitrogens with zero attached hydrogens (tertiary/aromatic N) is 4. The van der Waals surface area contributed by atoms with E-state index >= 15 is 0 Å². The monoisotopic (exact) mass is 220 g/mol. The first kappa shape index (κ1) is 11.0. The van der Waals surface area contributed by atoms with E-state index in [1.807, 2.05) is 18.4 Å². The molecule has 1 atom stereocenters. The minimum absolute atomic E-state index is 0.0459. The topological polar surface area (TPSA) is 63.8 Å². The molecule has 1 N–H and O–H groups in total. The number of aliphatic hydroxyl groups is 1. The molecule has 2 aromatic rings. The Morgan fingerprint density at radius 3 is 2.75 bits per heavy atom. The van der Waals surface area contributed by atoms with Gasteiger partial charge in [0.05, 0.1) is 24.7 Å². The lowest BCUT2D eigenvalue weighted by Gasteiger charge is -2.13. The highest BCUT2D eigenvalue weighted by atomic mass is 16.3. The van der Waals surface area contributed by atoms with Crippen LogP contribution in [-0.2, 0) is 6.42 Å². The van der Waals surface area contributed by atoms with Crippen molar-refractivity contribution >= 4 is 11.2 Å². The fraction of sp³-hybridized carbons (Fsp3) is 0.545. The van der Waals surface area contributed by atoms with Crippen molar-refractivity contribution in [3.05, 3.63) is 18.3 Å². The van der Waals surface area contributed by atoms with Crippen LogP contribution in [0.5, 0.6) is 0 Å². The zero-order valence-electron chi connectivity index (χ0n) is 9.59. The summed E-state index contributed by atoms with van der Waals surface area (Å²) in [6, 6.07) is 0.0459. The minimum atomic E-state index is 0.0459. The van der Waals surface area contributed by atoms with Crippen LogP contribution in [0.2, 0.25) is 0 Å². The van der Waals surface area contributed by atoms with Gasteiger partial charge in [-0.2, -0.15) is 0 Å². The summed E-state index contributed by atoms with van der Waals surface area (Å²) >= 11 is 0. The molecular weight excluding hydrogens is 204 g/mol. The second-order valence-electron chi connectivity index (χ2n) is 3.74. The molecule has 5 heteroatoms. The van der Waals surface area contributed by atoms with E-state index in [-0.39, 0.29) is 12.6 Å². The molecule has 0 radical (unpaired) electrons. The van der Waals surface area contributed by atoms with Gasteiger partial charge in [0.25, 0.3) is 0 Å². The molecule has 0 aliphatic heterocycles. The van der Waals surface area contributed by atoms with Crippen LogP contribution < -0.4 is 0 Å². The Balaban J connectivity index is 2.56. The first-order chi connectivity index (χ1) is 7.81. The van der Waals surface area contributed by atoms with Crippen molar-refractivity contribution in [2.75, 3.05) is 6.61 Å². The summed E-state index contributed by atoms with van der Waals surface area (Å²) in [6.07, 6.45) is 4.99. The molecule has 5 nitrogen and oxygen atoms in total. The van der Waals surface area contributed by atoms with Crippen LogP contribution in [0, 0.1) is 0 Å². The van der Waals surface area contributed by atoms with E-state index in [4.69, 9.17) is 0 Å². The zero-order valence-corrected chi connectivity index (χ0v) is 9.59. The van der Waals surface area contributed by atoms with Crippen LogP contribution in [0.1, 0.15) is 32.0 Å². The molecule has 0 spiro atoms. The van der Waals surface area contributed by atoms with Crippen LogP contribution in [-0.4, -0.2) is 31.2 Å². The second-order valence-corrected chi connectivity index (χ2v) is 3.74. The quantitative estimate of drug-likeness (QED) is 0.844. The first-order valence-electron chi connectivity index (χ1n) is 5.59. The number of hydrogen-bond donors (Lipinski definition) is 1. The number of aryl methyl sites for hydroxylation is 1. The number of imidazole rings is 1. The van der Waals surface area contributed by atoms with Gasteiger partial charge < -0.3 is 9.67 Å². The van der Waals surface area contributed by atoms with Gasteiger partial charge in [-0.1, -0.05) is 13.8 Å². The van der Waals surface area contributed by atoms with Crippen molar-refractivity contribution < 1.29 is 5.11 Å². The van der Waals surface area contributed by atoms with E-state index in [0.717, 1.165) is 29.7 Å². The molecule has 0 aliphatic carbocycles. The summed E-state index contributed by atoms with van der Waals surface area (Å²) in [7, 11) is 0. The highest BCUT2D eigenvalue weighted by Crippen LogP contribution is 2.19. The SMILES string of the molecule is CCc1ncnc2c1ncn2C(CC)CO. The number of aliphatic hydroxyl groups excluding tert-OH is 1. The largest absolute Gasteiger partial charge is 0.394 e. The number of fused-ring (bicyclic) bond motifs is 1. The molecular formula is C11H16N4O. The lowest BCUT2D eigenvalue weighted by molar-refractivity contribution is 0.226. The van der Waals surface area contributed by atoms with Crippen LogP contribution in [0.4, 0.5) is 0 Å². The fourth-order valence-electron chi connectivity index (χ4n) is 1.84. The van der Waals surface area contributed by atoms with E-state index in [0.29, 0.717) is 0 Å². The Morgan fingerprint density at radius 2 is 2.12 bits per heavy atom. The Labute approximate surface area is 94.2 Å². The van der Waals surface area contributed by atoms with E-state index in [2.05, 4.69) is 15.0 Å². The van der Waals surface area contributed by atoms with E-state index in [1.165, 1.54) is 0 Å². The van der Waals surface area contributed by atoms with Gasteiger partial charge in [-0.25, -0.2) is 15.0 Å². The summed E-state index contributed by atoms with van der Waals surface area (Å²) in [5, 5.41) is 9.29. The lowest BCUT2D eigenvalue weighted by Crippen LogP contribution is -2.11. The van der Waals surface area contributed by atoms with Crippen molar-refractivity contribution in [2.45, 2.75) is 32.7 Å². The molecule has 0 fully saturated rings. The van der Waals surface area contributed by atoms with Crippen molar-refractivity contribution in [1.82, 2.24) is 19.5 Å². The summed E-state index contributed by atoms with van der Waals surface area (Å²) < 4.78 is 1.93. The molecule has 0 saturated carbocycles. The third-order valence-electron chi connectivity index (χ3n) is 2.84. The molecule has 86 valence electrons. The maximum absolute atomic E-state index is 9.29. The number of rotatable bonds is 4. The van der Waals surface area contributed by atoms with Gasteiger partial charge in [0.2, 0.25) is 0 Å². The van der Waals surface area contributed by atoms with E-state index in [9.17, 15) is 5.11 Å². The van der Waals surface area contributed by atoms with Gasteiger partial charge >= 0.3 is 0 Å². The van der Waals surface area contributed by atoms with Crippen LogP contribution in [0.15, 0.2) is 12.7 Å². The maximum Gasteiger partial charge on any atom is 0.163 e. The minimum Gasteiger partial charge on any atom is -0.394 e. The molecule has 0 saturated heterocycles. The van der Waals surface area contributed by atoms with Gasteiger partial charge in [0.15, 0.2) is 5.65 Å². The molecule has 0 aromatic carbocycles. The first-order valence-corrected chi connectivity index (χ1v) is 5.59. The molecule has 16 heavy (non-hydrogen) atoms. The Bertz CT molecular complexity index is 476. The fourth-order valence-corrected chi connectivity index (χ4v) is 1.84. The van der Waals surface area contributed by atoms with Crippen molar-refractivity contribution in [2.24, 2.45) is 0 Å². The average molecular weight is 220 g/mol. The number of aromatic nitrogens is 4. The summed E-state index contributed by atoms with van der Waals surface area (Å²) in [4.78, 5) is 12.8. The third-order valence-corrected chi connectivity index (χ3v) is 2.84. The van der Waals surface area contributed by atoms with E-state index < -0.39 is 0 Å². The summed E-state index contributed by atoms with van der Waals surface area (Å²) in [5.41, 5.74) is 2.61.